The number of aliphatic carboxylic acids is 1. The van der Waals surface area contributed by atoms with Gasteiger partial charge in [0.1, 0.15) is 18.0 Å². The minimum Gasteiger partial charge on any atom is -0.497 e. The van der Waals surface area contributed by atoms with Crippen molar-refractivity contribution in [3.63, 3.8) is 0 Å². The summed E-state index contributed by atoms with van der Waals surface area (Å²) >= 11 is 0. The standard InChI is InChI=1S/C24H28N2O6S.FH/c1-16(2)32-18-4-7-20(8-5-18)33(29,30)26-11-10-17(13-26)22-14-25(15-24(27)28)23-12-19(31-3)6-9-21(22)23;/h4-9,12,14,16-17H,10-11,13,15H2,1-3H3,(H,27,28);1H. The Bertz CT molecular complexity index is 1270. The lowest BCUT2D eigenvalue weighted by Crippen LogP contribution is -2.28. The van der Waals surface area contributed by atoms with Crippen LogP contribution in [0.5, 0.6) is 11.5 Å². The van der Waals surface area contributed by atoms with Crippen molar-refractivity contribution in [2.24, 2.45) is 0 Å². The summed E-state index contributed by atoms with van der Waals surface area (Å²) in [7, 11) is -2.08. The van der Waals surface area contributed by atoms with Crippen LogP contribution >= 0.6 is 0 Å². The third kappa shape index (κ3) is 5.02. The van der Waals surface area contributed by atoms with Crippen molar-refractivity contribution in [1.82, 2.24) is 8.87 Å². The van der Waals surface area contributed by atoms with E-state index in [0.29, 0.717) is 31.0 Å². The van der Waals surface area contributed by atoms with Crippen molar-refractivity contribution in [1.29, 1.82) is 0 Å². The number of sulfonamides is 1. The number of hydrogen-bond acceptors (Lipinski definition) is 5. The van der Waals surface area contributed by atoms with E-state index in [-0.39, 0.29) is 28.2 Å². The average molecular weight is 493 g/mol. The van der Waals surface area contributed by atoms with Crippen LogP contribution in [0.1, 0.15) is 31.7 Å². The number of carboxylic acid groups (broad SMARTS) is 1. The Balaban J connectivity index is 0.00000324. The number of halogens is 1. The highest BCUT2D eigenvalue weighted by atomic mass is 32.2. The average Bonchev–Trinajstić information content (AvgIpc) is 3.39. The van der Waals surface area contributed by atoms with Crippen molar-refractivity contribution in [2.45, 2.75) is 43.7 Å². The first kappa shape index (κ1) is 25.5. The highest BCUT2D eigenvalue weighted by molar-refractivity contribution is 7.89. The molecule has 1 unspecified atom stereocenters. The first-order chi connectivity index (χ1) is 15.7. The molecule has 184 valence electrons. The maximum Gasteiger partial charge on any atom is 0.323 e. The molecule has 10 heteroatoms. The molecule has 4 rings (SSSR count). The molecule has 1 aliphatic heterocycles. The third-order valence-corrected chi connectivity index (χ3v) is 7.73. The monoisotopic (exact) mass is 492 g/mol. The lowest BCUT2D eigenvalue weighted by molar-refractivity contribution is -0.137. The normalized spacial score (nSPS) is 16.5. The molecular weight excluding hydrogens is 463 g/mol. The van der Waals surface area contributed by atoms with Gasteiger partial charge in [0.25, 0.3) is 0 Å². The Hall–Kier alpha value is -3.11. The van der Waals surface area contributed by atoms with Crippen molar-refractivity contribution in [3.05, 3.63) is 54.2 Å². The number of methoxy groups -OCH3 is 1. The summed E-state index contributed by atoms with van der Waals surface area (Å²) < 4.78 is 40.5. The Morgan fingerprint density at radius 2 is 1.82 bits per heavy atom. The smallest absolute Gasteiger partial charge is 0.323 e. The van der Waals surface area contributed by atoms with Crippen molar-refractivity contribution in [3.8, 4) is 11.5 Å². The minimum absolute atomic E-state index is 0. The van der Waals surface area contributed by atoms with Gasteiger partial charge in [-0.25, -0.2) is 8.42 Å². The van der Waals surface area contributed by atoms with Gasteiger partial charge in [-0.2, -0.15) is 4.31 Å². The van der Waals surface area contributed by atoms with E-state index < -0.39 is 16.0 Å². The molecule has 1 saturated heterocycles. The first-order valence-electron chi connectivity index (χ1n) is 10.8. The maximum absolute atomic E-state index is 13.2. The number of fused-ring (bicyclic) bond motifs is 1. The molecule has 1 N–H and O–H groups in total. The van der Waals surface area contributed by atoms with E-state index in [1.54, 1.807) is 35.9 Å². The van der Waals surface area contributed by atoms with Crippen LogP contribution in [0, 0.1) is 0 Å². The molecule has 2 aromatic carbocycles. The third-order valence-electron chi connectivity index (χ3n) is 5.85. The molecule has 0 bridgehead atoms. The molecule has 0 aliphatic carbocycles. The summed E-state index contributed by atoms with van der Waals surface area (Å²) in [5, 5.41) is 10.2. The molecule has 1 fully saturated rings. The van der Waals surface area contributed by atoms with Crippen molar-refractivity contribution in [2.75, 3.05) is 20.2 Å². The second-order valence-electron chi connectivity index (χ2n) is 8.48. The molecule has 8 nitrogen and oxygen atoms in total. The number of benzene rings is 2. The number of ether oxygens (including phenoxy) is 2. The van der Waals surface area contributed by atoms with Crippen LogP contribution in [0.2, 0.25) is 0 Å². The largest absolute Gasteiger partial charge is 0.497 e. The van der Waals surface area contributed by atoms with Gasteiger partial charge in [-0.3, -0.25) is 9.50 Å². The van der Waals surface area contributed by atoms with Gasteiger partial charge in [-0.05, 0) is 62.2 Å². The van der Waals surface area contributed by atoms with Crippen LogP contribution in [0.3, 0.4) is 0 Å². The van der Waals surface area contributed by atoms with Crippen molar-refractivity contribution < 1.29 is 32.5 Å². The van der Waals surface area contributed by atoms with E-state index in [9.17, 15) is 18.3 Å². The van der Waals surface area contributed by atoms with Gasteiger partial charge in [-0.1, -0.05) is 0 Å². The molecule has 1 atom stereocenters. The molecule has 0 spiro atoms. The SMILES string of the molecule is COc1ccc2c(C3CCN(S(=O)(=O)c4ccc(OC(C)C)cc4)C3)cn(CC(=O)O)c2c1.F. The lowest BCUT2D eigenvalue weighted by Gasteiger charge is -2.17. The van der Waals surface area contributed by atoms with Gasteiger partial charge < -0.3 is 19.1 Å². The number of carbonyl (C=O) groups is 1. The molecule has 1 aliphatic rings. The lowest BCUT2D eigenvalue weighted by atomic mass is 9.98. The fourth-order valence-corrected chi connectivity index (χ4v) is 5.84. The van der Waals surface area contributed by atoms with Gasteiger partial charge in [0, 0.05) is 36.7 Å². The van der Waals surface area contributed by atoms with Crippen molar-refractivity contribution >= 4 is 26.9 Å². The predicted molar refractivity (Wildman–Crippen MR) is 127 cm³/mol. The number of aromatic nitrogens is 1. The zero-order chi connectivity index (χ0) is 23.8. The van der Waals surface area contributed by atoms with Gasteiger partial charge in [0.05, 0.1) is 23.6 Å². The van der Waals surface area contributed by atoms with Crippen LogP contribution in [0.15, 0.2) is 53.6 Å². The summed E-state index contributed by atoms with van der Waals surface area (Å²) in [6.45, 7) is 4.39. The second-order valence-corrected chi connectivity index (χ2v) is 10.4. The molecule has 0 radical (unpaired) electrons. The fourth-order valence-electron chi connectivity index (χ4n) is 4.34. The summed E-state index contributed by atoms with van der Waals surface area (Å²) in [6, 6.07) is 12.1. The summed E-state index contributed by atoms with van der Waals surface area (Å²) in [5.41, 5.74) is 1.71. The molecule has 3 aromatic rings. The van der Waals surface area contributed by atoms with Crippen LogP contribution in [0.4, 0.5) is 4.70 Å². The number of nitrogens with zero attached hydrogens (tertiary/aromatic N) is 2. The molecule has 0 amide bonds. The quantitative estimate of drug-likeness (QED) is 0.513. The zero-order valence-corrected chi connectivity index (χ0v) is 20.1. The summed E-state index contributed by atoms with van der Waals surface area (Å²) in [6.07, 6.45) is 2.50. The van der Waals surface area contributed by atoms with E-state index in [1.807, 2.05) is 38.2 Å². The van der Waals surface area contributed by atoms with E-state index in [1.165, 1.54) is 4.31 Å². The predicted octanol–water partition coefficient (Wildman–Crippen LogP) is 3.85. The maximum atomic E-state index is 13.2. The van der Waals surface area contributed by atoms with E-state index in [0.717, 1.165) is 16.5 Å². The Kier molecular flexibility index (Phi) is 7.52. The molecule has 1 aromatic heterocycles. The topological polar surface area (TPSA) is 98.1 Å². The van der Waals surface area contributed by atoms with E-state index in [2.05, 4.69) is 0 Å². The molecule has 2 heterocycles. The summed E-state index contributed by atoms with van der Waals surface area (Å²) in [5.74, 6) is 0.292. The van der Waals surface area contributed by atoms with Crippen LogP contribution in [-0.2, 0) is 21.4 Å². The van der Waals surface area contributed by atoms with E-state index >= 15 is 0 Å². The molecule has 34 heavy (non-hydrogen) atoms. The number of rotatable bonds is 8. The second kappa shape index (κ2) is 10.0. The van der Waals surface area contributed by atoms with Gasteiger partial charge in [0.15, 0.2) is 0 Å². The number of hydrogen-bond donors (Lipinski definition) is 1. The zero-order valence-electron chi connectivity index (χ0n) is 19.3. The molecule has 0 saturated carbocycles. The number of carboxylic acids is 1. The Labute approximate surface area is 198 Å². The van der Waals surface area contributed by atoms with E-state index in [4.69, 9.17) is 9.47 Å². The van der Waals surface area contributed by atoms with Gasteiger partial charge in [-0.15, -0.1) is 0 Å². The Morgan fingerprint density at radius 1 is 1.15 bits per heavy atom. The highest BCUT2D eigenvalue weighted by Gasteiger charge is 2.34. The first-order valence-corrected chi connectivity index (χ1v) is 12.3. The molecular formula is C24H29FN2O6S. The fraction of sp³-hybridized carbons (Fsp3) is 0.375. The van der Waals surface area contributed by atoms with Crippen LogP contribution < -0.4 is 9.47 Å². The van der Waals surface area contributed by atoms with Crippen LogP contribution in [-0.4, -0.2) is 54.7 Å². The minimum atomic E-state index is -3.64. The summed E-state index contributed by atoms with van der Waals surface area (Å²) in [4.78, 5) is 11.6. The van der Waals surface area contributed by atoms with Gasteiger partial charge in [0.2, 0.25) is 10.0 Å². The van der Waals surface area contributed by atoms with Gasteiger partial charge >= 0.3 is 5.97 Å². The Morgan fingerprint density at radius 3 is 2.44 bits per heavy atom. The van der Waals surface area contributed by atoms with Crippen LogP contribution in [0.25, 0.3) is 10.9 Å². The highest BCUT2D eigenvalue weighted by Crippen LogP contribution is 2.37.